The fraction of sp³-hybridized carbons (Fsp3) is 0.632. The van der Waals surface area contributed by atoms with Gasteiger partial charge in [-0.25, -0.2) is 8.42 Å². The molecule has 4 rings (SSSR count). The highest BCUT2D eigenvalue weighted by molar-refractivity contribution is 8.00. The van der Waals surface area contributed by atoms with Gasteiger partial charge in [0.1, 0.15) is 5.82 Å². The van der Waals surface area contributed by atoms with Gasteiger partial charge in [-0.05, 0) is 44.6 Å². The predicted molar refractivity (Wildman–Crippen MR) is 115 cm³/mol. The van der Waals surface area contributed by atoms with Gasteiger partial charge >= 0.3 is 0 Å². The minimum absolute atomic E-state index is 0.0234. The summed E-state index contributed by atoms with van der Waals surface area (Å²) in [6.07, 6.45) is 3.52. The highest BCUT2D eigenvalue weighted by Crippen LogP contribution is 2.40. The molecule has 1 aliphatic heterocycles. The van der Waals surface area contributed by atoms with Crippen molar-refractivity contribution in [1.29, 1.82) is 0 Å². The number of hydrogen-bond donors (Lipinski definition) is 0. The smallest absolute Gasteiger partial charge is 0.236 e. The van der Waals surface area contributed by atoms with Crippen LogP contribution in [0.15, 0.2) is 22.7 Å². The molecule has 2 aromatic rings. The molecule has 2 atom stereocenters. The molecule has 2 aromatic heterocycles. The minimum Gasteiger partial charge on any atom is -0.338 e. The number of aromatic nitrogens is 3. The lowest BCUT2D eigenvalue weighted by atomic mass is 10.2. The van der Waals surface area contributed by atoms with Gasteiger partial charge in [-0.2, -0.15) is 0 Å². The predicted octanol–water partition coefficient (Wildman–Crippen LogP) is 2.78. The Morgan fingerprint density at radius 2 is 2.17 bits per heavy atom. The molecule has 0 spiro atoms. The van der Waals surface area contributed by atoms with Crippen LogP contribution in [0, 0.1) is 0 Å². The maximum absolute atomic E-state index is 13.1. The van der Waals surface area contributed by atoms with Crippen LogP contribution in [-0.2, 0) is 21.1 Å². The van der Waals surface area contributed by atoms with Gasteiger partial charge in [0.05, 0.1) is 16.8 Å². The third kappa shape index (κ3) is 4.69. The normalized spacial score (nSPS) is 21.9. The van der Waals surface area contributed by atoms with Crippen LogP contribution >= 0.6 is 23.1 Å². The van der Waals surface area contributed by atoms with Gasteiger partial charge in [0.25, 0.3) is 0 Å². The molecule has 1 saturated heterocycles. The summed E-state index contributed by atoms with van der Waals surface area (Å²) >= 11 is 3.14. The third-order valence-corrected chi connectivity index (χ3v) is 9.13. The van der Waals surface area contributed by atoms with E-state index in [-0.39, 0.29) is 28.7 Å². The molecule has 3 heterocycles. The summed E-state index contributed by atoms with van der Waals surface area (Å²) in [5, 5.41) is 11.3. The van der Waals surface area contributed by atoms with Crippen LogP contribution < -0.4 is 0 Å². The van der Waals surface area contributed by atoms with Crippen molar-refractivity contribution in [2.45, 2.75) is 62.0 Å². The Kier molecular flexibility index (Phi) is 6.04. The highest BCUT2D eigenvalue weighted by atomic mass is 32.2. The van der Waals surface area contributed by atoms with Crippen molar-refractivity contribution < 1.29 is 13.2 Å². The van der Waals surface area contributed by atoms with E-state index in [1.54, 1.807) is 16.2 Å². The molecule has 10 heteroatoms. The summed E-state index contributed by atoms with van der Waals surface area (Å²) in [7, 11) is -3.03. The van der Waals surface area contributed by atoms with Crippen molar-refractivity contribution in [3.05, 3.63) is 28.2 Å². The lowest BCUT2D eigenvalue weighted by molar-refractivity contribution is -0.131. The molecule has 7 nitrogen and oxygen atoms in total. The molecule has 158 valence electrons. The van der Waals surface area contributed by atoms with Crippen LogP contribution in [0.2, 0.25) is 0 Å². The van der Waals surface area contributed by atoms with Crippen LogP contribution in [0.25, 0.3) is 0 Å². The number of thiophene rings is 1. The van der Waals surface area contributed by atoms with Gasteiger partial charge in [-0.15, -0.1) is 21.5 Å². The average Bonchev–Trinajstić information content (AvgIpc) is 3.06. The molecule has 0 unspecified atom stereocenters. The first-order valence-corrected chi connectivity index (χ1v) is 13.6. The summed E-state index contributed by atoms with van der Waals surface area (Å²) in [5.41, 5.74) is 0. The Bertz CT molecular complexity index is 967. The number of carbonyl (C=O) groups excluding carboxylic acids is 1. The highest BCUT2D eigenvalue weighted by Gasteiger charge is 2.36. The first-order chi connectivity index (χ1) is 13.9. The Hall–Kier alpha value is -1.39. The van der Waals surface area contributed by atoms with Crippen molar-refractivity contribution in [3.63, 3.8) is 0 Å². The number of nitrogens with zero attached hydrogens (tertiary/aromatic N) is 4. The molecule has 0 radical (unpaired) electrons. The summed E-state index contributed by atoms with van der Waals surface area (Å²) in [6, 6.07) is 4.35. The zero-order valence-corrected chi connectivity index (χ0v) is 19.1. The van der Waals surface area contributed by atoms with Crippen LogP contribution in [0.3, 0.4) is 0 Å². The lowest BCUT2D eigenvalue weighted by Gasteiger charge is -2.29. The summed E-state index contributed by atoms with van der Waals surface area (Å²) in [4.78, 5) is 16.1. The van der Waals surface area contributed by atoms with Gasteiger partial charge in [-0.3, -0.25) is 4.79 Å². The Morgan fingerprint density at radius 3 is 2.76 bits per heavy atom. The molecule has 29 heavy (non-hydrogen) atoms. The number of hydrogen-bond acceptors (Lipinski definition) is 7. The number of thioether (sulfide) groups is 1. The Balaban J connectivity index is 1.48. The van der Waals surface area contributed by atoms with E-state index in [9.17, 15) is 13.2 Å². The Labute approximate surface area is 179 Å². The van der Waals surface area contributed by atoms with Crippen molar-refractivity contribution in [2.75, 3.05) is 18.1 Å². The number of amides is 1. The lowest BCUT2D eigenvalue weighted by Crippen LogP contribution is -2.44. The van der Waals surface area contributed by atoms with Crippen LogP contribution in [0.1, 0.15) is 49.9 Å². The van der Waals surface area contributed by atoms with Crippen molar-refractivity contribution in [1.82, 2.24) is 19.7 Å². The maximum atomic E-state index is 13.1. The molecule has 0 bridgehead atoms. The van der Waals surface area contributed by atoms with Crippen LogP contribution in [-0.4, -0.2) is 63.3 Å². The topological polar surface area (TPSA) is 85.2 Å². The minimum atomic E-state index is -3.03. The molecule has 1 aliphatic carbocycles. The van der Waals surface area contributed by atoms with Gasteiger partial charge in [0, 0.05) is 29.9 Å². The second-order valence-corrected chi connectivity index (χ2v) is 12.3. The number of carbonyl (C=O) groups is 1. The van der Waals surface area contributed by atoms with E-state index in [4.69, 9.17) is 0 Å². The van der Waals surface area contributed by atoms with Gasteiger partial charge < -0.3 is 9.47 Å². The van der Waals surface area contributed by atoms with E-state index in [2.05, 4.69) is 26.2 Å². The third-order valence-electron chi connectivity index (χ3n) is 5.46. The van der Waals surface area contributed by atoms with E-state index in [1.807, 2.05) is 19.9 Å². The molecule has 0 aromatic carbocycles. The molecular weight excluding hydrogens is 428 g/mol. The quantitative estimate of drug-likeness (QED) is 0.570. The SMILES string of the molecule is CCN(C(=O)[C@H](C)Sc1nnc(Cc2cccs2)n1C1CC1)[C@H]1CCS(=O)(=O)C1. The molecule has 1 saturated carbocycles. The fourth-order valence-corrected chi connectivity index (χ4v) is 7.27. The van der Waals surface area contributed by atoms with Gasteiger partial charge in [0.2, 0.25) is 5.91 Å². The van der Waals surface area contributed by atoms with E-state index in [0.717, 1.165) is 30.2 Å². The van der Waals surface area contributed by atoms with Crippen molar-refractivity contribution in [3.8, 4) is 0 Å². The number of rotatable bonds is 8. The molecular formula is C19H26N4O3S3. The maximum Gasteiger partial charge on any atom is 0.236 e. The molecule has 2 fully saturated rings. The first kappa shape index (κ1) is 20.9. The largest absolute Gasteiger partial charge is 0.338 e. The molecule has 1 amide bonds. The second kappa shape index (κ2) is 8.39. The molecule has 2 aliphatic rings. The van der Waals surface area contributed by atoms with Crippen LogP contribution in [0.4, 0.5) is 0 Å². The summed E-state index contributed by atoms with van der Waals surface area (Å²) in [5.74, 6) is 1.18. The van der Waals surface area contributed by atoms with E-state index < -0.39 is 9.84 Å². The Morgan fingerprint density at radius 1 is 1.38 bits per heavy atom. The van der Waals surface area contributed by atoms with E-state index in [1.165, 1.54) is 16.6 Å². The van der Waals surface area contributed by atoms with Crippen molar-refractivity contribution in [2.24, 2.45) is 0 Å². The molecule has 0 N–H and O–H groups in total. The van der Waals surface area contributed by atoms with E-state index in [0.29, 0.717) is 19.0 Å². The monoisotopic (exact) mass is 454 g/mol. The van der Waals surface area contributed by atoms with Crippen LogP contribution in [0.5, 0.6) is 0 Å². The number of sulfone groups is 1. The summed E-state index contributed by atoms with van der Waals surface area (Å²) in [6.45, 7) is 4.30. The van der Waals surface area contributed by atoms with E-state index >= 15 is 0 Å². The fourth-order valence-electron chi connectivity index (χ4n) is 3.83. The van der Waals surface area contributed by atoms with Gasteiger partial charge in [-0.1, -0.05) is 17.8 Å². The first-order valence-electron chi connectivity index (χ1n) is 10.0. The van der Waals surface area contributed by atoms with Crippen molar-refractivity contribution >= 4 is 38.8 Å². The average molecular weight is 455 g/mol. The zero-order valence-electron chi connectivity index (χ0n) is 16.7. The zero-order chi connectivity index (χ0) is 20.6. The second-order valence-electron chi connectivity index (χ2n) is 7.70. The summed E-state index contributed by atoms with van der Waals surface area (Å²) < 4.78 is 25.9. The standard InChI is InChI=1S/C19H26N4O3S3/c1-3-22(15-8-10-29(25,26)12-15)18(24)13(2)28-19-21-20-17(23(19)14-6-7-14)11-16-5-4-9-27-16/h4-5,9,13-15H,3,6-8,10-12H2,1-2H3/t13-,15-/m0/s1. The van der Waals surface area contributed by atoms with Gasteiger partial charge in [0.15, 0.2) is 15.0 Å².